The second-order valence-electron chi connectivity index (χ2n) is 7.60. The van der Waals surface area contributed by atoms with Gasteiger partial charge in [0.05, 0.1) is 6.54 Å². The first-order chi connectivity index (χ1) is 13.8. The van der Waals surface area contributed by atoms with E-state index in [0.717, 1.165) is 12.0 Å². The number of aromatic nitrogens is 1. The molecule has 1 saturated heterocycles. The maximum absolute atomic E-state index is 14.2. The van der Waals surface area contributed by atoms with Crippen LogP contribution in [0.2, 0.25) is 0 Å². The summed E-state index contributed by atoms with van der Waals surface area (Å²) in [6, 6.07) is 5.56. The average Bonchev–Trinajstić information content (AvgIpc) is 3.10. The second kappa shape index (κ2) is 8.98. The van der Waals surface area contributed by atoms with Crippen molar-refractivity contribution in [3.8, 4) is 0 Å². The quantitative estimate of drug-likeness (QED) is 0.732. The molecule has 1 aromatic heterocycles. The molecule has 0 saturated carbocycles. The van der Waals surface area contributed by atoms with Crippen LogP contribution in [0.5, 0.6) is 0 Å². The Morgan fingerprint density at radius 1 is 1.45 bits per heavy atom. The molecule has 1 aliphatic heterocycles. The normalized spacial score (nSPS) is 16.7. The molecule has 1 fully saturated rings. The summed E-state index contributed by atoms with van der Waals surface area (Å²) in [4.78, 5) is 22.0. The Morgan fingerprint density at radius 2 is 2.24 bits per heavy atom. The van der Waals surface area contributed by atoms with E-state index in [0.29, 0.717) is 36.0 Å². The molecule has 1 unspecified atom stereocenters. The Balaban J connectivity index is 1.75. The number of likely N-dealkylation sites (tertiary alicyclic amines) is 1. The summed E-state index contributed by atoms with van der Waals surface area (Å²) in [5.41, 5.74) is 7.97. The number of pyridine rings is 1. The summed E-state index contributed by atoms with van der Waals surface area (Å²) in [5, 5.41) is 2.66. The van der Waals surface area contributed by atoms with Crippen LogP contribution >= 0.6 is 0 Å². The molecule has 3 rings (SSSR count). The fraction of sp³-hybridized carbons (Fsp3) is 0.381. The highest BCUT2D eigenvalue weighted by Gasteiger charge is 2.25. The molecule has 1 atom stereocenters. The zero-order valence-corrected chi connectivity index (χ0v) is 16.5. The summed E-state index contributed by atoms with van der Waals surface area (Å²) in [6.45, 7) is 4.64. The lowest BCUT2D eigenvalue weighted by Gasteiger charge is -2.16. The van der Waals surface area contributed by atoms with Crippen molar-refractivity contribution in [1.29, 1.82) is 0 Å². The van der Waals surface area contributed by atoms with Gasteiger partial charge in [0.15, 0.2) is 0 Å². The maximum Gasteiger partial charge on any atom is 0.321 e. The lowest BCUT2D eigenvalue weighted by Crippen LogP contribution is -2.33. The van der Waals surface area contributed by atoms with Crippen molar-refractivity contribution in [1.82, 2.24) is 9.88 Å². The van der Waals surface area contributed by atoms with E-state index in [1.165, 1.54) is 29.3 Å². The monoisotopic (exact) mass is 401 g/mol. The van der Waals surface area contributed by atoms with Gasteiger partial charge in [0.2, 0.25) is 0 Å². The van der Waals surface area contributed by atoms with Crippen molar-refractivity contribution in [2.75, 3.05) is 24.1 Å². The molecule has 8 heteroatoms. The van der Waals surface area contributed by atoms with Gasteiger partial charge in [-0.3, -0.25) is 4.99 Å². The average molecular weight is 401 g/mol. The number of carbonyl (C=O) groups is 1. The predicted molar refractivity (Wildman–Crippen MR) is 111 cm³/mol. The van der Waals surface area contributed by atoms with Crippen LogP contribution in [-0.2, 0) is 6.42 Å². The molecular formula is C21H25F2N5O. The highest BCUT2D eigenvalue weighted by Crippen LogP contribution is 2.24. The first-order valence-corrected chi connectivity index (χ1v) is 9.60. The highest BCUT2D eigenvalue weighted by atomic mass is 19.1. The minimum absolute atomic E-state index is 0.0567. The van der Waals surface area contributed by atoms with E-state index in [1.54, 1.807) is 6.20 Å². The number of aliphatic imine (C=N–C) groups is 1. The topological polar surface area (TPSA) is 83.6 Å². The first-order valence-electron chi connectivity index (χ1n) is 9.60. The van der Waals surface area contributed by atoms with Gasteiger partial charge in [0, 0.05) is 30.2 Å². The van der Waals surface area contributed by atoms with Gasteiger partial charge in [0.25, 0.3) is 0 Å². The standard InChI is InChI=1S/C21H25F2N5O/c1-13(2)7-14-8-15(20(24)26-10-14)11-25-19-9-17(3-4-18(19)23)27-21(29)28-6-5-16(22)12-28/h3-4,8-11,13,16H,5-7,12H2,1-2H3,(H2,24,26)(H,27,29). The van der Waals surface area contributed by atoms with Gasteiger partial charge < -0.3 is 16.0 Å². The molecule has 0 bridgehead atoms. The number of anilines is 2. The van der Waals surface area contributed by atoms with Crippen LogP contribution in [0.15, 0.2) is 35.5 Å². The van der Waals surface area contributed by atoms with Gasteiger partial charge >= 0.3 is 6.03 Å². The zero-order valence-electron chi connectivity index (χ0n) is 16.5. The van der Waals surface area contributed by atoms with Gasteiger partial charge in [-0.1, -0.05) is 13.8 Å². The van der Waals surface area contributed by atoms with Crippen molar-refractivity contribution < 1.29 is 13.6 Å². The number of halogens is 2. The first kappa shape index (κ1) is 20.7. The van der Waals surface area contributed by atoms with Crippen LogP contribution in [0, 0.1) is 11.7 Å². The predicted octanol–water partition coefficient (Wildman–Crippen LogP) is 4.33. The molecule has 0 aliphatic carbocycles. The number of carbonyl (C=O) groups excluding carboxylic acids is 1. The number of hydrogen-bond donors (Lipinski definition) is 2. The van der Waals surface area contributed by atoms with Crippen LogP contribution in [-0.4, -0.2) is 41.4 Å². The lowest BCUT2D eigenvalue weighted by atomic mass is 10.0. The van der Waals surface area contributed by atoms with Crippen molar-refractivity contribution >= 4 is 29.4 Å². The van der Waals surface area contributed by atoms with Crippen LogP contribution < -0.4 is 11.1 Å². The number of nitrogens with two attached hydrogens (primary N) is 1. The second-order valence-corrected chi connectivity index (χ2v) is 7.60. The number of urea groups is 1. The van der Waals surface area contributed by atoms with Gasteiger partial charge in [-0.15, -0.1) is 0 Å². The molecule has 2 amide bonds. The number of nitrogens with one attached hydrogen (secondary N) is 1. The van der Waals surface area contributed by atoms with Gasteiger partial charge in [0.1, 0.15) is 23.5 Å². The highest BCUT2D eigenvalue weighted by molar-refractivity contribution is 5.91. The van der Waals surface area contributed by atoms with Crippen LogP contribution in [0.1, 0.15) is 31.4 Å². The van der Waals surface area contributed by atoms with Crippen molar-refractivity contribution in [2.24, 2.45) is 10.9 Å². The molecule has 3 N–H and O–H groups in total. The van der Waals surface area contributed by atoms with E-state index in [4.69, 9.17) is 5.73 Å². The molecule has 1 aliphatic rings. The largest absolute Gasteiger partial charge is 0.383 e. The van der Waals surface area contributed by atoms with E-state index in [1.807, 2.05) is 6.07 Å². The Labute approximate surface area is 168 Å². The third-order valence-corrected chi connectivity index (χ3v) is 4.61. The summed E-state index contributed by atoms with van der Waals surface area (Å²) in [7, 11) is 0. The van der Waals surface area contributed by atoms with Crippen molar-refractivity contribution in [2.45, 2.75) is 32.9 Å². The van der Waals surface area contributed by atoms with Crippen LogP contribution in [0.3, 0.4) is 0 Å². The number of benzene rings is 1. The van der Waals surface area contributed by atoms with Crippen LogP contribution in [0.4, 0.5) is 30.8 Å². The molecule has 0 spiro atoms. The molecule has 29 heavy (non-hydrogen) atoms. The number of hydrogen-bond acceptors (Lipinski definition) is 4. The minimum Gasteiger partial charge on any atom is -0.383 e. The van der Waals surface area contributed by atoms with E-state index in [-0.39, 0.29) is 12.2 Å². The maximum atomic E-state index is 14.2. The molecule has 2 aromatic rings. The Morgan fingerprint density at radius 3 is 2.93 bits per heavy atom. The van der Waals surface area contributed by atoms with Crippen molar-refractivity contribution in [3.63, 3.8) is 0 Å². The molecule has 2 heterocycles. The van der Waals surface area contributed by atoms with E-state index < -0.39 is 18.0 Å². The van der Waals surface area contributed by atoms with Gasteiger partial charge in [-0.25, -0.2) is 18.6 Å². The molecule has 1 aromatic carbocycles. The summed E-state index contributed by atoms with van der Waals surface area (Å²) < 4.78 is 27.5. The number of rotatable bonds is 5. The van der Waals surface area contributed by atoms with Gasteiger partial charge in [-0.2, -0.15) is 0 Å². The lowest BCUT2D eigenvalue weighted by molar-refractivity contribution is 0.218. The summed E-state index contributed by atoms with van der Waals surface area (Å²) in [6.07, 6.45) is 3.37. The Hall–Kier alpha value is -3.03. The molecule has 6 nitrogen and oxygen atoms in total. The van der Waals surface area contributed by atoms with Gasteiger partial charge in [-0.05, 0) is 48.6 Å². The Bertz CT molecular complexity index is 916. The summed E-state index contributed by atoms with van der Waals surface area (Å²) >= 11 is 0. The molecule has 0 radical (unpaired) electrons. The van der Waals surface area contributed by atoms with E-state index in [9.17, 15) is 13.6 Å². The third-order valence-electron chi connectivity index (χ3n) is 4.61. The smallest absolute Gasteiger partial charge is 0.321 e. The fourth-order valence-electron chi connectivity index (χ4n) is 3.16. The van der Waals surface area contributed by atoms with Crippen LogP contribution in [0.25, 0.3) is 0 Å². The number of nitrogens with zero attached hydrogens (tertiary/aromatic N) is 3. The van der Waals surface area contributed by atoms with Crippen molar-refractivity contribution in [3.05, 3.63) is 47.4 Å². The molecular weight excluding hydrogens is 376 g/mol. The number of nitrogen functional groups attached to an aromatic ring is 1. The molecule has 154 valence electrons. The fourth-order valence-corrected chi connectivity index (χ4v) is 3.16. The SMILES string of the molecule is CC(C)Cc1cnc(N)c(C=Nc2cc(NC(=O)N3CCC(F)C3)ccc2F)c1. The number of amides is 2. The minimum atomic E-state index is -1.00. The summed E-state index contributed by atoms with van der Waals surface area (Å²) in [5.74, 6) is 0.237. The third kappa shape index (κ3) is 5.49. The van der Waals surface area contributed by atoms with E-state index in [2.05, 4.69) is 29.1 Å². The number of alkyl halides is 1. The zero-order chi connectivity index (χ0) is 21.0. The van der Waals surface area contributed by atoms with E-state index >= 15 is 0 Å². The Kier molecular flexibility index (Phi) is 6.41.